The van der Waals surface area contributed by atoms with Crippen LogP contribution in [0, 0.1) is 11.3 Å². The van der Waals surface area contributed by atoms with E-state index in [0.29, 0.717) is 17.9 Å². The molecule has 0 atom stereocenters. The number of benzene rings is 1. The minimum absolute atomic E-state index is 0.0782. The molecule has 0 bridgehead atoms. The summed E-state index contributed by atoms with van der Waals surface area (Å²) in [6.45, 7) is 2.04. The number of esters is 1. The average Bonchev–Trinajstić information content (AvgIpc) is 2.48. The third kappa shape index (κ3) is 3.01. The third-order valence-corrected chi connectivity index (χ3v) is 2.79. The van der Waals surface area contributed by atoms with Gasteiger partial charge in [-0.3, -0.25) is 4.98 Å². The molecule has 1 heterocycles. The van der Waals surface area contributed by atoms with Gasteiger partial charge >= 0.3 is 5.97 Å². The van der Waals surface area contributed by atoms with Crippen molar-refractivity contribution in [3.05, 3.63) is 53.7 Å². The van der Waals surface area contributed by atoms with Crippen LogP contribution < -0.4 is 0 Å². The van der Waals surface area contributed by atoms with Gasteiger partial charge in [0.2, 0.25) is 0 Å². The lowest BCUT2D eigenvalue weighted by Gasteiger charge is -2.08. The second-order valence-corrected chi connectivity index (χ2v) is 4.11. The number of nitriles is 1. The van der Waals surface area contributed by atoms with Crippen LogP contribution in [0.25, 0.3) is 11.3 Å². The van der Waals surface area contributed by atoms with Crippen LogP contribution in [0.2, 0.25) is 0 Å². The first-order chi connectivity index (χ1) is 9.76. The lowest BCUT2D eigenvalue weighted by molar-refractivity contribution is 0.0525. The zero-order chi connectivity index (χ0) is 14.4. The zero-order valence-electron chi connectivity index (χ0n) is 11.2. The van der Waals surface area contributed by atoms with E-state index in [1.165, 1.54) is 0 Å². The molecule has 2 rings (SSSR count). The van der Waals surface area contributed by atoms with E-state index in [1.807, 2.05) is 36.4 Å². The molecular formula is C16H14N2O2. The fourth-order valence-electron chi connectivity index (χ4n) is 1.88. The Kier molecular flexibility index (Phi) is 4.46. The molecule has 0 N–H and O–H groups in total. The molecule has 0 fully saturated rings. The summed E-state index contributed by atoms with van der Waals surface area (Å²) in [5, 5.41) is 8.88. The highest BCUT2D eigenvalue weighted by Gasteiger charge is 2.14. The number of rotatable bonds is 4. The van der Waals surface area contributed by atoms with Crippen LogP contribution in [-0.4, -0.2) is 17.6 Å². The summed E-state index contributed by atoms with van der Waals surface area (Å²) in [5.41, 5.74) is 2.49. The molecule has 4 heteroatoms. The van der Waals surface area contributed by atoms with E-state index in [-0.39, 0.29) is 6.42 Å². The van der Waals surface area contributed by atoms with Crippen LogP contribution in [0.4, 0.5) is 0 Å². The SMILES string of the molecule is CCOC(=O)c1ccc(-c2ccccc2)nc1CC#N. The molecule has 1 aromatic carbocycles. The van der Waals surface area contributed by atoms with Gasteiger partial charge in [0.05, 0.1) is 36.0 Å². The smallest absolute Gasteiger partial charge is 0.340 e. The number of carbonyl (C=O) groups is 1. The standard InChI is InChI=1S/C16H14N2O2/c1-2-20-16(19)13-8-9-14(18-15(13)10-11-17)12-6-4-3-5-7-12/h3-9H,2,10H2,1H3. The minimum atomic E-state index is -0.440. The van der Waals surface area contributed by atoms with Crippen LogP contribution in [0.5, 0.6) is 0 Å². The van der Waals surface area contributed by atoms with Crippen LogP contribution in [0.15, 0.2) is 42.5 Å². The molecular weight excluding hydrogens is 252 g/mol. The van der Waals surface area contributed by atoms with Gasteiger partial charge in [-0.2, -0.15) is 5.26 Å². The highest BCUT2D eigenvalue weighted by atomic mass is 16.5. The van der Waals surface area contributed by atoms with Gasteiger partial charge in [0.1, 0.15) is 0 Å². The van der Waals surface area contributed by atoms with E-state index in [4.69, 9.17) is 10.00 Å². The Hall–Kier alpha value is -2.67. The van der Waals surface area contributed by atoms with Crippen LogP contribution >= 0.6 is 0 Å². The summed E-state index contributed by atoms with van der Waals surface area (Å²) < 4.78 is 4.97. The molecule has 0 unspecified atom stereocenters. The number of pyridine rings is 1. The van der Waals surface area contributed by atoms with Gasteiger partial charge in [0.25, 0.3) is 0 Å². The highest BCUT2D eigenvalue weighted by molar-refractivity contribution is 5.91. The third-order valence-electron chi connectivity index (χ3n) is 2.79. The topological polar surface area (TPSA) is 63.0 Å². The van der Waals surface area contributed by atoms with E-state index in [0.717, 1.165) is 11.3 Å². The zero-order valence-corrected chi connectivity index (χ0v) is 11.2. The number of carbonyl (C=O) groups excluding carboxylic acids is 1. The number of hydrogen-bond acceptors (Lipinski definition) is 4. The Morgan fingerprint density at radius 3 is 2.65 bits per heavy atom. The van der Waals surface area contributed by atoms with Gasteiger partial charge < -0.3 is 4.74 Å². The molecule has 2 aromatic rings. The normalized spacial score (nSPS) is 9.80. The van der Waals surface area contributed by atoms with Crippen LogP contribution in [-0.2, 0) is 11.2 Å². The van der Waals surface area contributed by atoms with Gasteiger partial charge in [-0.25, -0.2) is 4.79 Å². The molecule has 0 saturated heterocycles. The Balaban J connectivity index is 2.43. The molecule has 0 amide bonds. The van der Waals surface area contributed by atoms with E-state index in [1.54, 1.807) is 19.1 Å². The maximum Gasteiger partial charge on any atom is 0.340 e. The first-order valence-electron chi connectivity index (χ1n) is 6.35. The van der Waals surface area contributed by atoms with Gasteiger partial charge in [-0.15, -0.1) is 0 Å². The van der Waals surface area contributed by atoms with Crippen molar-refractivity contribution in [2.75, 3.05) is 6.61 Å². The first kappa shape index (κ1) is 13.8. The summed E-state index contributed by atoms with van der Waals surface area (Å²) in [6, 6.07) is 15.1. The van der Waals surface area contributed by atoms with Gasteiger partial charge in [0, 0.05) is 5.56 Å². The summed E-state index contributed by atoms with van der Waals surface area (Å²) in [5.74, 6) is -0.440. The lowest BCUT2D eigenvalue weighted by Crippen LogP contribution is -2.10. The summed E-state index contributed by atoms with van der Waals surface area (Å²) >= 11 is 0. The Bertz CT molecular complexity index is 645. The van der Waals surface area contributed by atoms with Crippen LogP contribution in [0.3, 0.4) is 0 Å². The number of nitrogens with zero attached hydrogens (tertiary/aromatic N) is 2. The van der Waals surface area contributed by atoms with Crippen molar-refractivity contribution in [3.63, 3.8) is 0 Å². The number of aromatic nitrogens is 1. The second-order valence-electron chi connectivity index (χ2n) is 4.11. The Morgan fingerprint density at radius 1 is 1.25 bits per heavy atom. The fraction of sp³-hybridized carbons (Fsp3) is 0.188. The predicted molar refractivity (Wildman–Crippen MR) is 74.9 cm³/mol. The van der Waals surface area contributed by atoms with Crippen molar-refractivity contribution in [1.82, 2.24) is 4.98 Å². The Labute approximate surface area is 117 Å². The summed E-state index contributed by atoms with van der Waals surface area (Å²) in [6.07, 6.45) is 0.0782. The van der Waals surface area contributed by atoms with Crippen molar-refractivity contribution in [2.45, 2.75) is 13.3 Å². The number of ether oxygens (including phenoxy) is 1. The van der Waals surface area contributed by atoms with E-state index < -0.39 is 5.97 Å². The molecule has 0 aliphatic rings. The van der Waals surface area contributed by atoms with Crippen molar-refractivity contribution in [2.24, 2.45) is 0 Å². The van der Waals surface area contributed by atoms with Gasteiger partial charge in [-0.05, 0) is 19.1 Å². The molecule has 0 radical (unpaired) electrons. The maximum atomic E-state index is 11.8. The lowest BCUT2D eigenvalue weighted by atomic mass is 10.1. The molecule has 0 saturated carbocycles. The molecule has 4 nitrogen and oxygen atoms in total. The van der Waals surface area contributed by atoms with E-state index in [2.05, 4.69) is 4.98 Å². The fourth-order valence-corrected chi connectivity index (χ4v) is 1.88. The van der Waals surface area contributed by atoms with Crippen molar-refractivity contribution < 1.29 is 9.53 Å². The molecule has 0 aliphatic carbocycles. The summed E-state index contributed by atoms with van der Waals surface area (Å²) in [7, 11) is 0. The largest absolute Gasteiger partial charge is 0.462 e. The minimum Gasteiger partial charge on any atom is -0.462 e. The summed E-state index contributed by atoms with van der Waals surface area (Å²) in [4.78, 5) is 16.2. The van der Waals surface area contributed by atoms with E-state index >= 15 is 0 Å². The van der Waals surface area contributed by atoms with Crippen molar-refractivity contribution in [1.29, 1.82) is 5.26 Å². The van der Waals surface area contributed by atoms with Crippen molar-refractivity contribution in [3.8, 4) is 17.3 Å². The Morgan fingerprint density at radius 2 is 2.00 bits per heavy atom. The van der Waals surface area contributed by atoms with Gasteiger partial charge in [-0.1, -0.05) is 30.3 Å². The number of hydrogen-bond donors (Lipinski definition) is 0. The first-order valence-corrected chi connectivity index (χ1v) is 6.35. The van der Waals surface area contributed by atoms with Crippen LogP contribution in [0.1, 0.15) is 23.0 Å². The second kappa shape index (κ2) is 6.48. The predicted octanol–water partition coefficient (Wildman–Crippen LogP) is 2.99. The molecule has 0 aliphatic heterocycles. The monoisotopic (exact) mass is 266 g/mol. The molecule has 100 valence electrons. The van der Waals surface area contributed by atoms with Gasteiger partial charge in [0.15, 0.2) is 0 Å². The molecule has 0 spiro atoms. The van der Waals surface area contributed by atoms with E-state index in [9.17, 15) is 4.79 Å². The molecule has 1 aromatic heterocycles. The highest BCUT2D eigenvalue weighted by Crippen LogP contribution is 2.19. The maximum absolute atomic E-state index is 11.8. The average molecular weight is 266 g/mol. The quantitative estimate of drug-likeness (QED) is 0.798. The molecule has 20 heavy (non-hydrogen) atoms. The van der Waals surface area contributed by atoms with Crippen molar-refractivity contribution >= 4 is 5.97 Å².